The van der Waals surface area contributed by atoms with Gasteiger partial charge in [-0.15, -0.1) is 23.1 Å². The summed E-state index contributed by atoms with van der Waals surface area (Å²) in [7, 11) is -3.88. The molecule has 10 heteroatoms. The van der Waals surface area contributed by atoms with Crippen molar-refractivity contribution in [2.75, 3.05) is 11.6 Å². The van der Waals surface area contributed by atoms with E-state index in [1.54, 1.807) is 30.5 Å². The number of urea groups is 1. The van der Waals surface area contributed by atoms with Gasteiger partial charge in [0.15, 0.2) is 0 Å². The lowest BCUT2D eigenvalue weighted by molar-refractivity contribution is 0.251. The smallest absolute Gasteiger partial charge is 0.319 e. The van der Waals surface area contributed by atoms with Crippen molar-refractivity contribution in [2.24, 2.45) is 5.73 Å². The summed E-state index contributed by atoms with van der Waals surface area (Å²) in [6.45, 7) is 2.29. The molecule has 4 rings (SSSR count). The molecule has 5 N–H and O–H groups in total. The van der Waals surface area contributed by atoms with Gasteiger partial charge >= 0.3 is 6.03 Å². The first-order chi connectivity index (χ1) is 17.7. The Labute approximate surface area is 224 Å². The lowest BCUT2D eigenvalue weighted by atomic mass is 9.98. The summed E-state index contributed by atoms with van der Waals surface area (Å²) >= 11 is 2.49. The number of thiophene rings is 1. The minimum atomic E-state index is -3.88. The van der Waals surface area contributed by atoms with E-state index in [1.165, 1.54) is 29.2 Å². The maximum absolute atomic E-state index is 13.6. The predicted octanol–water partition coefficient (Wildman–Crippen LogP) is 5.88. The molecule has 0 radical (unpaired) electrons. The van der Waals surface area contributed by atoms with Crippen LogP contribution in [0, 0.1) is 12.3 Å². The van der Waals surface area contributed by atoms with Crippen LogP contribution in [0.4, 0.5) is 10.5 Å². The highest BCUT2D eigenvalue weighted by atomic mass is 32.2. The minimum absolute atomic E-state index is 0.121. The Hall–Kier alpha value is -3.60. The number of nitrogens with two attached hydrogens (primary N) is 1. The zero-order valence-electron chi connectivity index (χ0n) is 20.2. The first-order valence-electron chi connectivity index (χ1n) is 11.3. The van der Waals surface area contributed by atoms with Crippen LogP contribution >= 0.6 is 23.1 Å². The van der Waals surface area contributed by atoms with Crippen LogP contribution in [0.5, 0.6) is 0 Å². The minimum Gasteiger partial charge on any atom is -0.383 e. The number of carbonyl (C=O) groups is 1. The maximum atomic E-state index is 13.6. The van der Waals surface area contributed by atoms with Crippen LogP contribution in [0.2, 0.25) is 0 Å². The van der Waals surface area contributed by atoms with Gasteiger partial charge < -0.3 is 16.4 Å². The van der Waals surface area contributed by atoms with Gasteiger partial charge in [0.25, 0.3) is 0 Å². The molecule has 1 aromatic heterocycles. The van der Waals surface area contributed by atoms with Crippen molar-refractivity contribution in [3.8, 4) is 11.1 Å². The second kappa shape index (κ2) is 11.2. The highest BCUT2D eigenvalue weighted by Gasteiger charge is 2.25. The van der Waals surface area contributed by atoms with E-state index in [4.69, 9.17) is 11.1 Å². The van der Waals surface area contributed by atoms with Gasteiger partial charge in [-0.05, 0) is 54.1 Å². The van der Waals surface area contributed by atoms with Crippen molar-refractivity contribution in [1.82, 2.24) is 5.32 Å². The van der Waals surface area contributed by atoms with Crippen molar-refractivity contribution >= 4 is 50.5 Å². The molecular formula is C27H26N4O3S3. The van der Waals surface area contributed by atoms with Gasteiger partial charge in [0, 0.05) is 12.1 Å². The Bertz CT molecular complexity index is 1570. The van der Waals surface area contributed by atoms with E-state index < -0.39 is 9.84 Å². The van der Waals surface area contributed by atoms with Gasteiger partial charge in [0.1, 0.15) is 5.84 Å². The number of benzene rings is 3. The van der Waals surface area contributed by atoms with Gasteiger partial charge in [-0.1, -0.05) is 54.6 Å². The zero-order valence-corrected chi connectivity index (χ0v) is 22.7. The Morgan fingerprint density at radius 2 is 1.76 bits per heavy atom. The molecule has 4 aromatic rings. The third kappa shape index (κ3) is 5.87. The molecule has 0 saturated carbocycles. The number of hydrogen-bond donors (Lipinski definition) is 4. The number of rotatable bonds is 8. The fraction of sp³-hybridized carbons (Fsp3) is 0.111. The summed E-state index contributed by atoms with van der Waals surface area (Å²) in [5.41, 5.74) is 9.43. The van der Waals surface area contributed by atoms with Gasteiger partial charge in [0.2, 0.25) is 9.84 Å². The van der Waals surface area contributed by atoms with Crippen LogP contribution < -0.4 is 16.4 Å². The summed E-state index contributed by atoms with van der Waals surface area (Å²) in [5, 5.41) is 13.5. The zero-order chi connectivity index (χ0) is 26.6. The van der Waals surface area contributed by atoms with E-state index in [0.29, 0.717) is 26.9 Å². The Kier molecular flexibility index (Phi) is 8.01. The molecule has 2 amide bonds. The fourth-order valence-electron chi connectivity index (χ4n) is 3.87. The van der Waals surface area contributed by atoms with Crippen LogP contribution in [-0.4, -0.2) is 26.5 Å². The number of aryl methyl sites for hydroxylation is 1. The van der Waals surface area contributed by atoms with E-state index in [-0.39, 0.29) is 21.7 Å². The van der Waals surface area contributed by atoms with Gasteiger partial charge in [-0.3, -0.25) is 5.41 Å². The number of hydrogen-bond acceptors (Lipinski definition) is 6. The first kappa shape index (κ1) is 26.5. The molecule has 0 aliphatic carbocycles. The van der Waals surface area contributed by atoms with Crippen molar-refractivity contribution in [1.29, 1.82) is 5.41 Å². The number of sulfone groups is 1. The van der Waals surface area contributed by atoms with Crippen LogP contribution in [0.25, 0.3) is 11.1 Å². The quantitative estimate of drug-likeness (QED) is 0.124. The Morgan fingerprint density at radius 1 is 1.03 bits per heavy atom. The molecule has 1 heterocycles. The number of carbonyl (C=O) groups excluding carboxylic acids is 1. The number of thioether (sulfide) groups is 1. The van der Waals surface area contributed by atoms with Crippen molar-refractivity contribution < 1.29 is 13.2 Å². The third-order valence-electron chi connectivity index (χ3n) is 5.66. The van der Waals surface area contributed by atoms with E-state index in [9.17, 15) is 13.2 Å². The number of anilines is 1. The molecule has 0 aliphatic heterocycles. The lowest BCUT2D eigenvalue weighted by Crippen LogP contribution is -2.28. The lowest BCUT2D eigenvalue weighted by Gasteiger charge is -2.16. The summed E-state index contributed by atoms with van der Waals surface area (Å²) in [5.74, 6) is -0.170. The molecule has 0 spiro atoms. The average Bonchev–Trinajstić information content (AvgIpc) is 3.34. The summed E-state index contributed by atoms with van der Waals surface area (Å²) in [6.07, 6.45) is 1.79. The molecule has 37 heavy (non-hydrogen) atoms. The topological polar surface area (TPSA) is 125 Å². The number of nitrogens with one attached hydrogen (secondary N) is 3. The molecule has 0 saturated heterocycles. The summed E-state index contributed by atoms with van der Waals surface area (Å²) < 4.78 is 27.8. The van der Waals surface area contributed by atoms with Crippen LogP contribution in [0.15, 0.2) is 92.9 Å². The fourth-order valence-corrected chi connectivity index (χ4v) is 7.77. The third-order valence-corrected chi connectivity index (χ3v) is 9.99. The molecule has 190 valence electrons. The second-order valence-electron chi connectivity index (χ2n) is 8.20. The van der Waals surface area contributed by atoms with Gasteiger partial charge in [-0.25, -0.2) is 13.2 Å². The molecule has 0 unspecified atom stereocenters. The molecular weight excluding hydrogens is 525 g/mol. The summed E-state index contributed by atoms with van der Waals surface area (Å²) in [4.78, 5) is 13.3. The molecule has 3 aromatic carbocycles. The number of amides is 2. The molecule has 0 atom stereocenters. The predicted molar refractivity (Wildman–Crippen MR) is 151 cm³/mol. The van der Waals surface area contributed by atoms with Crippen LogP contribution in [-0.2, 0) is 16.4 Å². The van der Waals surface area contributed by atoms with Crippen molar-refractivity contribution in [3.05, 3.63) is 94.9 Å². The summed E-state index contributed by atoms with van der Waals surface area (Å²) in [6, 6.07) is 22.9. The normalized spacial score (nSPS) is 11.2. The van der Waals surface area contributed by atoms with Gasteiger partial charge in [-0.2, -0.15) is 0 Å². The van der Waals surface area contributed by atoms with E-state index >= 15 is 0 Å². The molecule has 0 fully saturated rings. The first-order valence-corrected chi connectivity index (χ1v) is 14.8. The number of nitrogen functional groups attached to an aromatic ring is 1. The van der Waals surface area contributed by atoms with Crippen LogP contribution in [0.1, 0.15) is 16.0 Å². The standard InChI is InChI=1S/C27H26N4O3S3/c1-17-8-6-13-21(31-27(32)30-16-18-9-4-3-5-10-18)24(17)19-11-7-12-20(14-19)37(33,34)23-15-22(25(28)29)36-26(23)35-2/h3-15H,16H2,1-2H3,(H3,28,29)(H2,30,31,32). The Balaban J connectivity index is 1.66. The van der Waals surface area contributed by atoms with Crippen molar-refractivity contribution in [2.45, 2.75) is 27.5 Å². The SMILES string of the molecule is CSc1sc(C(=N)N)cc1S(=O)(=O)c1cccc(-c2c(C)cccc2NC(=O)NCc2ccccc2)c1. The average molecular weight is 551 g/mol. The van der Waals surface area contributed by atoms with E-state index in [1.807, 2.05) is 55.5 Å². The molecule has 7 nitrogen and oxygen atoms in total. The monoisotopic (exact) mass is 550 g/mol. The van der Waals surface area contributed by atoms with E-state index in [2.05, 4.69) is 10.6 Å². The highest BCUT2D eigenvalue weighted by molar-refractivity contribution is 8.01. The molecule has 0 bridgehead atoms. The second-order valence-corrected chi connectivity index (χ2v) is 12.2. The Morgan fingerprint density at radius 3 is 2.46 bits per heavy atom. The van der Waals surface area contributed by atoms with Gasteiger partial charge in [0.05, 0.1) is 24.6 Å². The highest BCUT2D eigenvalue weighted by Crippen LogP contribution is 2.38. The number of amidine groups is 1. The molecule has 0 aliphatic rings. The van der Waals surface area contributed by atoms with Crippen molar-refractivity contribution in [3.63, 3.8) is 0 Å². The van der Waals surface area contributed by atoms with Crippen LogP contribution in [0.3, 0.4) is 0 Å². The largest absolute Gasteiger partial charge is 0.383 e. The maximum Gasteiger partial charge on any atom is 0.319 e. The van der Waals surface area contributed by atoms with E-state index in [0.717, 1.165) is 16.7 Å².